The molecule has 36 heavy (non-hydrogen) atoms. The number of nitriles is 1. The van der Waals surface area contributed by atoms with E-state index in [1.807, 2.05) is 35.0 Å². The zero-order chi connectivity index (χ0) is 25.1. The Labute approximate surface area is 210 Å². The van der Waals surface area contributed by atoms with Gasteiger partial charge in [-0.1, -0.05) is 50.1 Å². The van der Waals surface area contributed by atoms with E-state index in [2.05, 4.69) is 18.1 Å². The van der Waals surface area contributed by atoms with Gasteiger partial charge in [-0.2, -0.15) is 10.4 Å². The van der Waals surface area contributed by atoms with Crippen molar-refractivity contribution in [3.8, 4) is 11.8 Å². The molecule has 0 radical (unpaired) electrons. The van der Waals surface area contributed by atoms with Crippen molar-refractivity contribution in [3.05, 3.63) is 83.2 Å². The van der Waals surface area contributed by atoms with E-state index in [9.17, 15) is 9.59 Å². The molecular weight excluding hydrogens is 454 g/mol. The molecule has 0 unspecified atom stereocenters. The highest BCUT2D eigenvalue weighted by atomic mass is 16.6. The Bertz CT molecular complexity index is 1290. The van der Waals surface area contributed by atoms with Crippen molar-refractivity contribution in [1.29, 1.82) is 5.26 Å². The van der Waals surface area contributed by atoms with E-state index in [-0.39, 0.29) is 12.5 Å². The van der Waals surface area contributed by atoms with Gasteiger partial charge >= 0.3 is 6.09 Å². The highest BCUT2D eigenvalue weighted by molar-refractivity contribution is 5.97. The molecule has 1 aromatic heterocycles. The van der Waals surface area contributed by atoms with Crippen LogP contribution in [0.15, 0.2) is 60.8 Å². The van der Waals surface area contributed by atoms with Crippen molar-refractivity contribution < 1.29 is 14.3 Å². The first-order chi connectivity index (χ1) is 17.6. The quantitative estimate of drug-likeness (QED) is 0.470. The van der Waals surface area contributed by atoms with Crippen LogP contribution in [0.3, 0.4) is 0 Å². The Morgan fingerprint density at radius 1 is 1.08 bits per heavy atom. The lowest BCUT2D eigenvalue weighted by molar-refractivity contribution is -0.106. The second-order valence-corrected chi connectivity index (χ2v) is 9.36. The maximum absolute atomic E-state index is 14.3. The van der Waals surface area contributed by atoms with Crippen molar-refractivity contribution in [3.63, 3.8) is 0 Å². The number of rotatable bonds is 6. The fraction of sp³-hybridized carbons (Fsp3) is 0.357. The third-order valence-electron chi connectivity index (χ3n) is 6.94. The van der Waals surface area contributed by atoms with Gasteiger partial charge in [0, 0.05) is 12.8 Å². The van der Waals surface area contributed by atoms with Crippen LogP contribution < -0.4 is 0 Å². The Hall–Kier alpha value is -4.12. The van der Waals surface area contributed by atoms with Crippen molar-refractivity contribution in [2.24, 2.45) is 0 Å². The van der Waals surface area contributed by atoms with Gasteiger partial charge < -0.3 is 4.74 Å². The number of amides is 2. The fourth-order valence-electron chi connectivity index (χ4n) is 5.20. The lowest BCUT2D eigenvalue weighted by atomic mass is 9.90. The Morgan fingerprint density at radius 2 is 1.81 bits per heavy atom. The minimum atomic E-state index is -0.989. The number of ether oxygens (including phenoxy) is 1. The van der Waals surface area contributed by atoms with Crippen molar-refractivity contribution in [1.82, 2.24) is 19.8 Å². The van der Waals surface area contributed by atoms with Crippen LogP contribution in [0.2, 0.25) is 0 Å². The molecule has 8 nitrogen and oxygen atoms in total. The number of nitrogens with zero attached hydrogens (tertiary/aromatic N) is 5. The largest absolute Gasteiger partial charge is 0.431 e. The number of aromatic nitrogens is 2. The van der Waals surface area contributed by atoms with E-state index in [1.54, 1.807) is 35.5 Å². The molecule has 2 aromatic carbocycles. The van der Waals surface area contributed by atoms with Gasteiger partial charge in [0.05, 0.1) is 41.3 Å². The van der Waals surface area contributed by atoms with E-state index in [0.29, 0.717) is 30.4 Å². The summed E-state index contributed by atoms with van der Waals surface area (Å²) in [6.07, 6.45) is 6.61. The van der Waals surface area contributed by atoms with Gasteiger partial charge in [-0.25, -0.2) is 19.5 Å². The average Bonchev–Trinajstić information content (AvgIpc) is 3.44. The highest BCUT2D eigenvalue weighted by Gasteiger charge is 2.55. The molecule has 2 aliphatic rings. The van der Waals surface area contributed by atoms with Crippen LogP contribution in [-0.2, 0) is 17.7 Å². The number of hydrogen-bond acceptors (Lipinski definition) is 5. The number of benzene rings is 2. The molecule has 1 spiro atoms. The normalized spacial score (nSPS) is 16.7. The first-order valence-corrected chi connectivity index (χ1v) is 12.5. The average molecular weight is 484 g/mol. The van der Waals surface area contributed by atoms with Crippen LogP contribution in [0, 0.1) is 11.3 Å². The van der Waals surface area contributed by atoms with Crippen LogP contribution in [0.5, 0.6) is 0 Å². The Kier molecular flexibility index (Phi) is 6.47. The van der Waals surface area contributed by atoms with E-state index in [0.717, 1.165) is 42.6 Å². The molecule has 2 fully saturated rings. The minimum absolute atomic E-state index is 0.175. The van der Waals surface area contributed by atoms with E-state index in [4.69, 9.17) is 10.00 Å². The highest BCUT2D eigenvalue weighted by Crippen LogP contribution is 2.42. The number of carbonyl (C=O) groups excluding carboxylic acids is 2. The molecule has 184 valence electrons. The SMILES string of the molecule is CCCc1c(C(=O)N2N(Cc3ccc(C#N)cc3)C(=O)OC23CCCCC3)cnn1-c1ccccc1. The molecule has 8 heteroatoms. The molecule has 1 aliphatic heterocycles. The van der Waals surface area contributed by atoms with Gasteiger partial charge in [-0.3, -0.25) is 4.79 Å². The molecule has 1 saturated heterocycles. The summed E-state index contributed by atoms with van der Waals surface area (Å²) in [5, 5.41) is 16.7. The van der Waals surface area contributed by atoms with E-state index < -0.39 is 11.8 Å². The Balaban J connectivity index is 1.55. The van der Waals surface area contributed by atoms with Gasteiger partial charge in [-0.05, 0) is 49.1 Å². The van der Waals surface area contributed by atoms with Crippen molar-refractivity contribution in [2.75, 3.05) is 0 Å². The second-order valence-electron chi connectivity index (χ2n) is 9.36. The monoisotopic (exact) mass is 483 g/mol. The number of carbonyl (C=O) groups is 2. The van der Waals surface area contributed by atoms with Gasteiger partial charge in [0.1, 0.15) is 0 Å². The predicted octanol–water partition coefficient (Wildman–Crippen LogP) is 5.37. The van der Waals surface area contributed by atoms with Crippen LogP contribution in [0.1, 0.15) is 72.6 Å². The predicted molar refractivity (Wildman–Crippen MR) is 133 cm³/mol. The summed E-state index contributed by atoms with van der Waals surface area (Å²) in [4.78, 5) is 27.5. The summed E-state index contributed by atoms with van der Waals surface area (Å²) in [7, 11) is 0. The third-order valence-corrected chi connectivity index (χ3v) is 6.94. The zero-order valence-electron chi connectivity index (χ0n) is 20.4. The number of hydrogen-bond donors (Lipinski definition) is 0. The maximum Gasteiger partial charge on any atom is 0.431 e. The summed E-state index contributed by atoms with van der Waals surface area (Å²) in [6, 6.07) is 18.9. The lowest BCUT2D eigenvalue weighted by Crippen LogP contribution is -2.54. The summed E-state index contributed by atoms with van der Waals surface area (Å²) in [6.45, 7) is 2.24. The summed E-state index contributed by atoms with van der Waals surface area (Å²) in [5.74, 6) is -0.276. The minimum Gasteiger partial charge on any atom is -0.419 e. The maximum atomic E-state index is 14.3. The molecule has 2 amide bonds. The van der Waals surface area contributed by atoms with Gasteiger partial charge in [0.15, 0.2) is 0 Å². The standard InChI is InChI=1S/C28H29N5O3/c1-2-9-25-24(19-30-32(25)23-10-5-3-6-11-23)26(34)33-28(16-7-4-8-17-28)36-27(35)31(33)20-22-14-12-21(18-29)13-15-22/h3,5-6,10-15,19H,2,4,7-9,16-17,20H2,1H3. The smallest absolute Gasteiger partial charge is 0.419 e. The first kappa shape index (κ1) is 23.6. The molecule has 1 saturated carbocycles. The number of para-hydroxylation sites is 1. The van der Waals surface area contributed by atoms with E-state index >= 15 is 0 Å². The summed E-state index contributed by atoms with van der Waals surface area (Å²) < 4.78 is 7.79. The van der Waals surface area contributed by atoms with Crippen LogP contribution in [-0.4, -0.2) is 37.5 Å². The van der Waals surface area contributed by atoms with Crippen LogP contribution in [0.25, 0.3) is 5.69 Å². The summed E-state index contributed by atoms with van der Waals surface area (Å²) >= 11 is 0. The molecule has 0 atom stereocenters. The fourth-order valence-corrected chi connectivity index (χ4v) is 5.20. The third kappa shape index (κ3) is 4.22. The molecule has 5 rings (SSSR count). The molecule has 3 aromatic rings. The second kappa shape index (κ2) is 9.86. The van der Waals surface area contributed by atoms with Gasteiger partial charge in [0.25, 0.3) is 5.91 Å². The number of hydrazine groups is 1. The Morgan fingerprint density at radius 3 is 2.47 bits per heavy atom. The molecular formula is C28H29N5O3. The molecule has 1 aliphatic carbocycles. The van der Waals surface area contributed by atoms with Gasteiger partial charge in [0.2, 0.25) is 5.72 Å². The van der Waals surface area contributed by atoms with Crippen LogP contribution in [0.4, 0.5) is 4.79 Å². The topological polar surface area (TPSA) is 91.5 Å². The van der Waals surface area contributed by atoms with Crippen molar-refractivity contribution >= 4 is 12.0 Å². The molecule has 2 heterocycles. The first-order valence-electron chi connectivity index (χ1n) is 12.5. The molecule has 0 bridgehead atoms. The van der Waals surface area contributed by atoms with Gasteiger partial charge in [-0.15, -0.1) is 0 Å². The zero-order valence-corrected chi connectivity index (χ0v) is 20.4. The van der Waals surface area contributed by atoms with Crippen LogP contribution >= 0.6 is 0 Å². The van der Waals surface area contributed by atoms with E-state index in [1.165, 1.54) is 5.01 Å². The lowest BCUT2D eigenvalue weighted by Gasteiger charge is -2.40. The van der Waals surface area contributed by atoms with Crippen molar-refractivity contribution in [2.45, 2.75) is 64.1 Å². The summed E-state index contributed by atoms with van der Waals surface area (Å²) in [5.41, 5.74) is 2.54. The molecule has 0 N–H and O–H groups in total.